The molecule has 2 N–H and O–H groups in total. The summed E-state index contributed by atoms with van der Waals surface area (Å²) in [6.07, 6.45) is 2.53. The van der Waals surface area contributed by atoms with Crippen LogP contribution >= 0.6 is 0 Å². The van der Waals surface area contributed by atoms with Gasteiger partial charge in [0.25, 0.3) is 0 Å². The Labute approximate surface area is 111 Å². The molecule has 0 aliphatic carbocycles. The third kappa shape index (κ3) is 3.24. The minimum atomic E-state index is 0.695. The molecule has 1 fully saturated rings. The van der Waals surface area contributed by atoms with Crippen LogP contribution in [0.15, 0.2) is 18.2 Å². The molecule has 1 saturated heterocycles. The van der Waals surface area contributed by atoms with Gasteiger partial charge in [0, 0.05) is 18.3 Å². The van der Waals surface area contributed by atoms with Crippen molar-refractivity contribution in [2.75, 3.05) is 32.9 Å². The van der Waals surface area contributed by atoms with E-state index in [1.165, 1.54) is 37.1 Å². The molecule has 1 aromatic carbocycles. The highest BCUT2D eigenvalue weighted by Gasteiger charge is 2.20. The lowest BCUT2D eigenvalue weighted by atomic mass is 10.0. The van der Waals surface area contributed by atoms with E-state index < -0.39 is 0 Å². The van der Waals surface area contributed by atoms with Gasteiger partial charge in [0.15, 0.2) is 0 Å². The number of nitrogens with zero attached hydrogens (tertiary/aromatic N) is 2. The number of nitrogens with two attached hydrogens (primary N) is 1. The molecule has 3 heteroatoms. The maximum Gasteiger partial charge on any atom is 0.0359 e. The Balaban J connectivity index is 1.98. The van der Waals surface area contributed by atoms with Crippen molar-refractivity contribution in [2.24, 2.45) is 0 Å². The van der Waals surface area contributed by atoms with Crippen molar-refractivity contribution in [1.29, 1.82) is 0 Å². The summed E-state index contributed by atoms with van der Waals surface area (Å²) >= 11 is 0. The maximum atomic E-state index is 6.05. The number of likely N-dealkylation sites (tertiary alicyclic amines) is 1. The standard InChI is InChI=1S/C15H25N3/c1-12-4-5-15(16)13(10-12)11-18(3)14-6-8-17(2)9-7-14/h4-5,10,14H,6-9,11,16H2,1-3H3. The number of rotatable bonds is 3. The van der Waals surface area contributed by atoms with E-state index in [0.717, 1.165) is 12.2 Å². The highest BCUT2D eigenvalue weighted by atomic mass is 15.2. The molecule has 1 aliphatic rings. The molecule has 0 atom stereocenters. The average molecular weight is 247 g/mol. The number of hydrogen-bond acceptors (Lipinski definition) is 3. The van der Waals surface area contributed by atoms with E-state index in [2.05, 4.69) is 43.0 Å². The van der Waals surface area contributed by atoms with Crippen LogP contribution in [0.4, 0.5) is 5.69 Å². The number of aryl methyl sites for hydroxylation is 1. The van der Waals surface area contributed by atoms with E-state index in [9.17, 15) is 0 Å². The van der Waals surface area contributed by atoms with Gasteiger partial charge in [0.05, 0.1) is 0 Å². The van der Waals surface area contributed by atoms with Crippen LogP contribution < -0.4 is 5.73 Å². The predicted molar refractivity (Wildman–Crippen MR) is 77.6 cm³/mol. The fourth-order valence-electron chi connectivity index (χ4n) is 2.70. The fraction of sp³-hybridized carbons (Fsp3) is 0.600. The van der Waals surface area contributed by atoms with Gasteiger partial charge in [-0.2, -0.15) is 0 Å². The van der Waals surface area contributed by atoms with E-state index in [1.54, 1.807) is 0 Å². The van der Waals surface area contributed by atoms with Gasteiger partial charge < -0.3 is 10.6 Å². The van der Waals surface area contributed by atoms with Gasteiger partial charge >= 0.3 is 0 Å². The Bertz CT molecular complexity index is 395. The zero-order chi connectivity index (χ0) is 13.1. The second kappa shape index (κ2) is 5.72. The molecule has 1 aromatic rings. The Hall–Kier alpha value is -1.06. The van der Waals surface area contributed by atoms with Crippen LogP contribution in [-0.2, 0) is 6.54 Å². The van der Waals surface area contributed by atoms with Crippen LogP contribution in [0.1, 0.15) is 24.0 Å². The number of hydrogen-bond donors (Lipinski definition) is 1. The monoisotopic (exact) mass is 247 g/mol. The SMILES string of the molecule is Cc1ccc(N)c(CN(C)C2CCN(C)CC2)c1. The normalized spacial score (nSPS) is 18.4. The van der Waals surface area contributed by atoms with Crippen molar-refractivity contribution in [3.05, 3.63) is 29.3 Å². The second-order valence-electron chi connectivity index (χ2n) is 5.65. The minimum Gasteiger partial charge on any atom is -0.398 e. The van der Waals surface area contributed by atoms with Gasteiger partial charge in [-0.3, -0.25) is 4.90 Å². The van der Waals surface area contributed by atoms with Gasteiger partial charge in [-0.15, -0.1) is 0 Å². The molecule has 0 radical (unpaired) electrons. The number of benzene rings is 1. The Morgan fingerprint density at radius 1 is 1.33 bits per heavy atom. The molecule has 2 rings (SSSR count). The molecule has 18 heavy (non-hydrogen) atoms. The quantitative estimate of drug-likeness (QED) is 0.830. The average Bonchev–Trinajstić information content (AvgIpc) is 2.34. The zero-order valence-corrected chi connectivity index (χ0v) is 11.8. The summed E-state index contributed by atoms with van der Waals surface area (Å²) < 4.78 is 0. The summed E-state index contributed by atoms with van der Waals surface area (Å²) in [6, 6.07) is 7.00. The van der Waals surface area contributed by atoms with Gasteiger partial charge in [0.1, 0.15) is 0 Å². The highest BCUT2D eigenvalue weighted by Crippen LogP contribution is 2.20. The van der Waals surface area contributed by atoms with Crippen molar-refractivity contribution in [3.8, 4) is 0 Å². The molecule has 0 bridgehead atoms. The van der Waals surface area contributed by atoms with E-state index in [0.29, 0.717) is 6.04 Å². The summed E-state index contributed by atoms with van der Waals surface area (Å²) in [4.78, 5) is 4.86. The molecule has 0 spiro atoms. The first-order valence-corrected chi connectivity index (χ1v) is 6.80. The van der Waals surface area contributed by atoms with Crippen LogP contribution in [0.25, 0.3) is 0 Å². The van der Waals surface area contributed by atoms with Gasteiger partial charge in [0.2, 0.25) is 0 Å². The summed E-state index contributed by atoms with van der Waals surface area (Å²) in [5, 5.41) is 0. The third-order valence-electron chi connectivity index (χ3n) is 4.03. The first-order chi connectivity index (χ1) is 8.56. The molecule has 100 valence electrons. The topological polar surface area (TPSA) is 32.5 Å². The van der Waals surface area contributed by atoms with Gasteiger partial charge in [-0.25, -0.2) is 0 Å². The lowest BCUT2D eigenvalue weighted by molar-refractivity contribution is 0.139. The molecule has 1 heterocycles. The summed E-state index contributed by atoms with van der Waals surface area (Å²) in [6.45, 7) is 5.50. The third-order valence-corrected chi connectivity index (χ3v) is 4.03. The molecule has 0 unspecified atom stereocenters. The lowest BCUT2D eigenvalue weighted by Crippen LogP contribution is -2.41. The van der Waals surface area contributed by atoms with Crippen LogP contribution in [-0.4, -0.2) is 43.0 Å². The molecule has 3 nitrogen and oxygen atoms in total. The van der Waals surface area contributed by atoms with Crippen molar-refractivity contribution >= 4 is 5.69 Å². The van der Waals surface area contributed by atoms with Crippen molar-refractivity contribution in [1.82, 2.24) is 9.80 Å². The smallest absolute Gasteiger partial charge is 0.0359 e. The van der Waals surface area contributed by atoms with Gasteiger partial charge in [-0.05, 0) is 58.6 Å². The van der Waals surface area contributed by atoms with E-state index >= 15 is 0 Å². The van der Waals surface area contributed by atoms with Gasteiger partial charge in [-0.1, -0.05) is 17.7 Å². The summed E-state index contributed by atoms with van der Waals surface area (Å²) in [7, 11) is 4.42. The number of anilines is 1. The molecule has 0 amide bonds. The Morgan fingerprint density at radius 3 is 2.67 bits per heavy atom. The molecular weight excluding hydrogens is 222 g/mol. The zero-order valence-electron chi connectivity index (χ0n) is 11.8. The predicted octanol–water partition coefficient (Wildman–Crippen LogP) is 2.10. The van der Waals surface area contributed by atoms with Crippen LogP contribution in [0.5, 0.6) is 0 Å². The van der Waals surface area contributed by atoms with Crippen molar-refractivity contribution < 1.29 is 0 Å². The fourth-order valence-corrected chi connectivity index (χ4v) is 2.70. The number of piperidine rings is 1. The Kier molecular flexibility index (Phi) is 4.25. The van der Waals surface area contributed by atoms with E-state index in [1.807, 2.05) is 6.07 Å². The molecule has 0 aromatic heterocycles. The summed E-state index contributed by atoms with van der Waals surface area (Å²) in [5.74, 6) is 0. The minimum absolute atomic E-state index is 0.695. The maximum absolute atomic E-state index is 6.05. The molecule has 1 aliphatic heterocycles. The molecular formula is C15H25N3. The van der Waals surface area contributed by atoms with E-state index in [4.69, 9.17) is 5.73 Å². The number of nitrogen functional groups attached to an aromatic ring is 1. The first kappa shape index (κ1) is 13.4. The van der Waals surface area contributed by atoms with Crippen LogP contribution in [0.3, 0.4) is 0 Å². The lowest BCUT2D eigenvalue weighted by Gasteiger charge is -2.35. The molecule has 0 saturated carbocycles. The van der Waals surface area contributed by atoms with Crippen molar-refractivity contribution in [2.45, 2.75) is 32.4 Å². The van der Waals surface area contributed by atoms with E-state index in [-0.39, 0.29) is 0 Å². The largest absolute Gasteiger partial charge is 0.398 e. The first-order valence-electron chi connectivity index (χ1n) is 6.80. The van der Waals surface area contributed by atoms with Crippen LogP contribution in [0.2, 0.25) is 0 Å². The highest BCUT2D eigenvalue weighted by molar-refractivity contribution is 5.48. The van der Waals surface area contributed by atoms with Crippen molar-refractivity contribution in [3.63, 3.8) is 0 Å². The summed E-state index contributed by atoms with van der Waals surface area (Å²) in [5.41, 5.74) is 9.52. The van der Waals surface area contributed by atoms with Crippen LogP contribution in [0, 0.1) is 6.92 Å². The Morgan fingerprint density at radius 2 is 2.00 bits per heavy atom. The second-order valence-corrected chi connectivity index (χ2v) is 5.65.